The lowest BCUT2D eigenvalue weighted by molar-refractivity contribution is -0.216. The van der Waals surface area contributed by atoms with Crippen molar-refractivity contribution in [2.24, 2.45) is 0 Å². The maximum atomic E-state index is 12.6. The number of phosphoric ester groups is 2. The van der Waals surface area contributed by atoms with E-state index in [0.29, 0.717) is 12.8 Å². The Morgan fingerprint density at radius 3 is 1.74 bits per heavy atom. The SMILES string of the molecule is CCCCCC(=O)OC[C@H](COP(=O)(O)O[C@H]1[C@@H](O)[C@@H](OP(=O)(O)O)[C@@H](O)[C@@H](O)[C@H]1O)OC(=O)CCCCC. The molecule has 0 saturated heterocycles. The van der Waals surface area contributed by atoms with Gasteiger partial charge in [0.2, 0.25) is 0 Å². The third-order valence-electron chi connectivity index (χ3n) is 5.68. The molecule has 16 nitrogen and oxygen atoms in total. The van der Waals surface area contributed by atoms with Crippen LogP contribution in [-0.4, -0.2) is 103 Å². The molecule has 0 heterocycles. The second-order valence-corrected chi connectivity index (χ2v) is 11.7. The van der Waals surface area contributed by atoms with Crippen molar-refractivity contribution in [1.29, 1.82) is 0 Å². The van der Waals surface area contributed by atoms with E-state index >= 15 is 0 Å². The van der Waals surface area contributed by atoms with Crippen LogP contribution in [0.3, 0.4) is 0 Å². The molecule has 7 N–H and O–H groups in total. The Morgan fingerprint density at radius 1 is 0.718 bits per heavy atom. The molecule has 0 spiro atoms. The Hall–Kier alpha value is -1.00. The summed E-state index contributed by atoms with van der Waals surface area (Å²) in [7, 11) is -10.6. The molecule has 1 aliphatic carbocycles. The summed E-state index contributed by atoms with van der Waals surface area (Å²) in [5.41, 5.74) is 0. The van der Waals surface area contributed by atoms with Crippen LogP contribution in [-0.2, 0) is 41.8 Å². The summed E-state index contributed by atoms with van der Waals surface area (Å²) in [5.74, 6) is -1.27. The van der Waals surface area contributed by atoms with Crippen molar-refractivity contribution in [1.82, 2.24) is 0 Å². The smallest absolute Gasteiger partial charge is 0.462 e. The lowest BCUT2D eigenvalue weighted by atomic mass is 9.85. The molecule has 1 saturated carbocycles. The predicted molar refractivity (Wildman–Crippen MR) is 131 cm³/mol. The lowest BCUT2D eigenvalue weighted by Crippen LogP contribution is -2.64. The third kappa shape index (κ3) is 13.5. The van der Waals surface area contributed by atoms with E-state index in [4.69, 9.17) is 28.3 Å². The second kappa shape index (κ2) is 17.1. The zero-order valence-electron chi connectivity index (χ0n) is 21.8. The van der Waals surface area contributed by atoms with Gasteiger partial charge in [0.1, 0.15) is 43.2 Å². The van der Waals surface area contributed by atoms with Gasteiger partial charge in [0.05, 0.1) is 6.61 Å². The van der Waals surface area contributed by atoms with Gasteiger partial charge in [-0.1, -0.05) is 39.5 Å². The van der Waals surface area contributed by atoms with Crippen molar-refractivity contribution < 1.29 is 76.9 Å². The summed E-state index contributed by atoms with van der Waals surface area (Å²) in [4.78, 5) is 52.2. The minimum Gasteiger partial charge on any atom is -0.462 e. The number of carbonyl (C=O) groups is 2. The predicted octanol–water partition coefficient (Wildman–Crippen LogP) is 0.0393. The van der Waals surface area contributed by atoms with Crippen LogP contribution >= 0.6 is 15.6 Å². The molecule has 0 aliphatic heterocycles. The fraction of sp³-hybridized carbons (Fsp3) is 0.905. The highest BCUT2D eigenvalue weighted by molar-refractivity contribution is 7.47. The van der Waals surface area contributed by atoms with Gasteiger partial charge in [-0.05, 0) is 12.8 Å². The molecular formula is C21H40O16P2. The van der Waals surface area contributed by atoms with Crippen LogP contribution in [0.4, 0.5) is 0 Å². The number of aliphatic hydroxyl groups excluding tert-OH is 4. The van der Waals surface area contributed by atoms with Crippen LogP contribution in [0.2, 0.25) is 0 Å². The quantitative estimate of drug-likeness (QED) is 0.0614. The highest BCUT2D eigenvalue weighted by atomic mass is 31.2. The van der Waals surface area contributed by atoms with E-state index < -0.39 is 83.5 Å². The summed E-state index contributed by atoms with van der Waals surface area (Å²) in [6.45, 7) is 2.54. The Bertz CT molecular complexity index is 850. The lowest BCUT2D eigenvalue weighted by Gasteiger charge is -2.43. The molecule has 18 heteroatoms. The van der Waals surface area contributed by atoms with Crippen molar-refractivity contribution >= 4 is 27.6 Å². The molecule has 1 rings (SSSR count). The van der Waals surface area contributed by atoms with Crippen LogP contribution in [0.1, 0.15) is 65.2 Å². The van der Waals surface area contributed by atoms with Gasteiger partial charge < -0.3 is 44.6 Å². The van der Waals surface area contributed by atoms with Gasteiger partial charge in [-0.25, -0.2) is 9.13 Å². The number of ether oxygens (including phenoxy) is 2. The first-order chi connectivity index (χ1) is 18.1. The molecule has 0 amide bonds. The maximum Gasteiger partial charge on any atom is 0.472 e. The maximum absolute atomic E-state index is 12.6. The van der Waals surface area contributed by atoms with Crippen molar-refractivity contribution in [2.45, 2.75) is 108 Å². The van der Waals surface area contributed by atoms with Crippen LogP contribution in [0.25, 0.3) is 0 Å². The molecule has 0 bridgehead atoms. The average molecular weight is 610 g/mol. The Balaban J connectivity index is 2.88. The van der Waals surface area contributed by atoms with Crippen LogP contribution in [0.15, 0.2) is 0 Å². The fourth-order valence-electron chi connectivity index (χ4n) is 3.61. The number of unbranched alkanes of at least 4 members (excludes halogenated alkanes) is 4. The van der Waals surface area contributed by atoms with E-state index in [9.17, 15) is 44.0 Å². The van der Waals surface area contributed by atoms with Gasteiger partial charge in [-0.2, -0.15) is 0 Å². The number of aliphatic hydroxyl groups is 4. The van der Waals surface area contributed by atoms with Crippen molar-refractivity contribution in [2.75, 3.05) is 13.2 Å². The number of phosphoric acid groups is 2. The van der Waals surface area contributed by atoms with Gasteiger partial charge in [0.15, 0.2) is 6.10 Å². The zero-order chi connectivity index (χ0) is 29.8. The van der Waals surface area contributed by atoms with E-state index in [-0.39, 0.29) is 12.8 Å². The standard InChI is InChI=1S/C21H40O16P2/c1-3-5-7-9-14(22)33-11-13(35-15(23)10-8-6-4-2)12-34-39(31,32)37-21-18(26)16(24)17(25)20(19(21)27)36-38(28,29)30/h13,16-21,24-27H,3-12H2,1-2H3,(H,31,32)(H2,28,29,30)/t13-,16-,17+,18-,19+,20+,21-/m1/s1. The van der Waals surface area contributed by atoms with Gasteiger partial charge in [0.25, 0.3) is 0 Å². The number of carbonyl (C=O) groups excluding carboxylic acids is 2. The first kappa shape index (κ1) is 36.0. The zero-order valence-corrected chi connectivity index (χ0v) is 23.6. The normalized spacial score (nSPS) is 27.9. The van der Waals surface area contributed by atoms with E-state index in [1.54, 1.807) is 0 Å². The second-order valence-electron chi connectivity index (χ2n) is 9.07. The average Bonchev–Trinajstić information content (AvgIpc) is 2.85. The van der Waals surface area contributed by atoms with E-state index in [0.717, 1.165) is 25.7 Å². The number of rotatable bonds is 18. The number of hydrogen-bond acceptors (Lipinski definition) is 13. The fourth-order valence-corrected chi connectivity index (χ4v) is 5.15. The van der Waals surface area contributed by atoms with Crippen LogP contribution in [0, 0.1) is 0 Å². The summed E-state index contributed by atoms with van der Waals surface area (Å²) >= 11 is 0. The summed E-state index contributed by atoms with van der Waals surface area (Å²) in [5, 5.41) is 40.3. The number of esters is 2. The Kier molecular flexibility index (Phi) is 15.8. The molecule has 1 aliphatic rings. The van der Waals surface area contributed by atoms with Crippen molar-refractivity contribution in [3.8, 4) is 0 Å². The Morgan fingerprint density at radius 2 is 1.23 bits per heavy atom. The summed E-state index contributed by atoms with van der Waals surface area (Å²) in [6.07, 6.45) is -10.2. The van der Waals surface area contributed by atoms with E-state index in [1.807, 2.05) is 13.8 Å². The van der Waals surface area contributed by atoms with Gasteiger partial charge in [0, 0.05) is 12.8 Å². The van der Waals surface area contributed by atoms with Crippen LogP contribution in [0.5, 0.6) is 0 Å². The highest BCUT2D eigenvalue weighted by Gasteiger charge is 2.54. The van der Waals surface area contributed by atoms with Crippen molar-refractivity contribution in [3.05, 3.63) is 0 Å². The van der Waals surface area contributed by atoms with Crippen molar-refractivity contribution in [3.63, 3.8) is 0 Å². The van der Waals surface area contributed by atoms with Gasteiger partial charge >= 0.3 is 27.6 Å². The minimum atomic E-state index is -5.33. The monoisotopic (exact) mass is 610 g/mol. The van der Waals surface area contributed by atoms with Gasteiger partial charge in [-0.15, -0.1) is 0 Å². The topological polar surface area (TPSA) is 256 Å². The molecular weight excluding hydrogens is 570 g/mol. The van der Waals surface area contributed by atoms with E-state index in [2.05, 4.69) is 4.52 Å². The summed E-state index contributed by atoms with van der Waals surface area (Å²) in [6, 6.07) is 0. The number of hydrogen-bond donors (Lipinski definition) is 7. The molecule has 1 unspecified atom stereocenters. The minimum absolute atomic E-state index is 0.0315. The molecule has 39 heavy (non-hydrogen) atoms. The van der Waals surface area contributed by atoms with Crippen LogP contribution < -0.4 is 0 Å². The molecule has 0 radical (unpaired) electrons. The third-order valence-corrected chi connectivity index (χ3v) is 7.18. The molecule has 8 atom stereocenters. The molecule has 0 aromatic carbocycles. The Labute approximate surface area is 226 Å². The molecule has 230 valence electrons. The first-order valence-corrected chi connectivity index (χ1v) is 15.6. The van der Waals surface area contributed by atoms with E-state index in [1.165, 1.54) is 0 Å². The summed E-state index contributed by atoms with van der Waals surface area (Å²) < 4.78 is 47.8. The highest BCUT2D eigenvalue weighted by Crippen LogP contribution is 2.48. The first-order valence-electron chi connectivity index (χ1n) is 12.6. The van der Waals surface area contributed by atoms with Gasteiger partial charge in [-0.3, -0.25) is 23.2 Å². The molecule has 1 fully saturated rings. The molecule has 0 aromatic heterocycles. The largest absolute Gasteiger partial charge is 0.472 e. The molecule has 0 aromatic rings.